The van der Waals surface area contributed by atoms with E-state index < -0.39 is 0 Å². The Morgan fingerprint density at radius 1 is 1.27 bits per heavy atom. The molecule has 1 aliphatic carbocycles. The summed E-state index contributed by atoms with van der Waals surface area (Å²) in [6.45, 7) is 5.21. The molecule has 3 heteroatoms. The summed E-state index contributed by atoms with van der Waals surface area (Å²) in [4.78, 5) is 5.87. The highest BCUT2D eigenvalue weighted by atomic mass is 32.1. The molecule has 84 valence electrons. The van der Waals surface area contributed by atoms with Crippen molar-refractivity contribution in [2.75, 3.05) is 0 Å². The van der Waals surface area contributed by atoms with Gasteiger partial charge >= 0.3 is 0 Å². The first-order valence-electron chi connectivity index (χ1n) is 5.92. The maximum Gasteiger partial charge on any atom is 0.0900 e. The SMILES string of the molecule is Cc1nc(C)c(CNC2CCCCC2)s1. The monoisotopic (exact) mass is 224 g/mol. The van der Waals surface area contributed by atoms with Crippen molar-refractivity contribution in [3.05, 3.63) is 15.6 Å². The van der Waals surface area contributed by atoms with Crippen molar-refractivity contribution in [2.24, 2.45) is 0 Å². The van der Waals surface area contributed by atoms with E-state index in [-0.39, 0.29) is 0 Å². The normalized spacial score (nSPS) is 18.3. The largest absolute Gasteiger partial charge is 0.309 e. The molecule has 0 amide bonds. The van der Waals surface area contributed by atoms with Crippen molar-refractivity contribution in [2.45, 2.75) is 58.5 Å². The quantitative estimate of drug-likeness (QED) is 0.853. The van der Waals surface area contributed by atoms with Crippen molar-refractivity contribution in [1.29, 1.82) is 0 Å². The first kappa shape index (κ1) is 11.1. The number of nitrogens with one attached hydrogen (secondary N) is 1. The van der Waals surface area contributed by atoms with Gasteiger partial charge in [-0.15, -0.1) is 11.3 Å². The Bertz CT molecular complexity index is 313. The third kappa shape index (κ3) is 3.02. The van der Waals surface area contributed by atoms with Crippen LogP contribution in [0.4, 0.5) is 0 Å². The zero-order chi connectivity index (χ0) is 10.7. The van der Waals surface area contributed by atoms with E-state index in [0.717, 1.165) is 12.6 Å². The van der Waals surface area contributed by atoms with Crippen LogP contribution >= 0.6 is 11.3 Å². The van der Waals surface area contributed by atoms with Crippen LogP contribution in [0.2, 0.25) is 0 Å². The Morgan fingerprint density at radius 2 is 2.00 bits per heavy atom. The van der Waals surface area contributed by atoms with Crippen LogP contribution in [0.1, 0.15) is 47.7 Å². The third-order valence-corrected chi connectivity index (χ3v) is 4.23. The molecule has 0 saturated heterocycles. The second-order valence-corrected chi connectivity index (χ2v) is 5.75. The van der Waals surface area contributed by atoms with Gasteiger partial charge in [-0.3, -0.25) is 0 Å². The number of aromatic nitrogens is 1. The average molecular weight is 224 g/mol. The Balaban J connectivity index is 1.84. The van der Waals surface area contributed by atoms with E-state index in [1.807, 2.05) is 11.3 Å². The van der Waals surface area contributed by atoms with Gasteiger partial charge in [0, 0.05) is 17.5 Å². The Hall–Kier alpha value is -0.410. The van der Waals surface area contributed by atoms with E-state index >= 15 is 0 Å². The minimum absolute atomic E-state index is 0.751. The fourth-order valence-electron chi connectivity index (χ4n) is 2.28. The molecule has 1 aromatic heterocycles. The molecular weight excluding hydrogens is 204 g/mol. The van der Waals surface area contributed by atoms with Gasteiger partial charge in [0.05, 0.1) is 10.7 Å². The van der Waals surface area contributed by atoms with Crippen LogP contribution in [0.25, 0.3) is 0 Å². The molecule has 0 atom stereocenters. The average Bonchev–Trinajstić information content (AvgIpc) is 2.56. The molecule has 0 aromatic carbocycles. The van der Waals surface area contributed by atoms with Crippen LogP contribution < -0.4 is 5.32 Å². The summed E-state index contributed by atoms with van der Waals surface area (Å²) in [6, 6.07) is 0.751. The molecule has 1 fully saturated rings. The minimum Gasteiger partial charge on any atom is -0.309 e. The summed E-state index contributed by atoms with van der Waals surface area (Å²) in [5, 5.41) is 4.85. The summed E-state index contributed by atoms with van der Waals surface area (Å²) in [6.07, 6.45) is 6.95. The van der Waals surface area contributed by atoms with Crippen LogP contribution in [0.15, 0.2) is 0 Å². The highest BCUT2D eigenvalue weighted by molar-refractivity contribution is 7.11. The van der Waals surface area contributed by atoms with Crippen LogP contribution in [0.3, 0.4) is 0 Å². The van der Waals surface area contributed by atoms with Crippen molar-refractivity contribution in [3.63, 3.8) is 0 Å². The van der Waals surface area contributed by atoms with Gasteiger partial charge in [0.1, 0.15) is 0 Å². The van der Waals surface area contributed by atoms with Crippen LogP contribution in [-0.2, 0) is 6.54 Å². The minimum atomic E-state index is 0.751. The topological polar surface area (TPSA) is 24.9 Å². The number of hydrogen-bond donors (Lipinski definition) is 1. The molecule has 2 rings (SSSR count). The molecule has 0 unspecified atom stereocenters. The molecular formula is C12H20N2S. The maximum atomic E-state index is 4.45. The first-order valence-corrected chi connectivity index (χ1v) is 6.73. The number of aryl methyl sites for hydroxylation is 2. The molecule has 0 aliphatic heterocycles. The molecule has 1 heterocycles. The van der Waals surface area contributed by atoms with Crippen molar-refractivity contribution >= 4 is 11.3 Å². The number of rotatable bonds is 3. The van der Waals surface area contributed by atoms with E-state index in [9.17, 15) is 0 Å². The molecule has 15 heavy (non-hydrogen) atoms. The maximum absolute atomic E-state index is 4.45. The molecule has 1 saturated carbocycles. The summed E-state index contributed by atoms with van der Waals surface area (Å²) in [7, 11) is 0. The summed E-state index contributed by atoms with van der Waals surface area (Å²) >= 11 is 1.83. The Morgan fingerprint density at radius 3 is 2.60 bits per heavy atom. The second kappa shape index (κ2) is 5.08. The van der Waals surface area contributed by atoms with Gasteiger partial charge in [-0.2, -0.15) is 0 Å². The van der Waals surface area contributed by atoms with Gasteiger partial charge < -0.3 is 5.32 Å². The molecule has 1 N–H and O–H groups in total. The number of hydrogen-bond acceptors (Lipinski definition) is 3. The van der Waals surface area contributed by atoms with E-state index in [1.165, 1.54) is 47.7 Å². The van der Waals surface area contributed by atoms with E-state index in [2.05, 4.69) is 24.1 Å². The summed E-state index contributed by atoms with van der Waals surface area (Å²) in [5.74, 6) is 0. The lowest BCUT2D eigenvalue weighted by Crippen LogP contribution is -2.30. The Kier molecular flexibility index (Phi) is 3.76. The standard InChI is InChI=1S/C12H20N2S/c1-9-12(15-10(2)14-9)8-13-11-6-4-3-5-7-11/h11,13H,3-8H2,1-2H3. The third-order valence-electron chi connectivity index (χ3n) is 3.16. The highest BCUT2D eigenvalue weighted by Gasteiger charge is 2.13. The van der Waals surface area contributed by atoms with Crippen LogP contribution in [-0.4, -0.2) is 11.0 Å². The zero-order valence-corrected chi connectivity index (χ0v) is 10.5. The molecule has 0 radical (unpaired) electrons. The number of nitrogens with zero attached hydrogens (tertiary/aromatic N) is 1. The van der Waals surface area contributed by atoms with Gasteiger partial charge in [-0.1, -0.05) is 19.3 Å². The van der Waals surface area contributed by atoms with Gasteiger partial charge in [0.25, 0.3) is 0 Å². The zero-order valence-electron chi connectivity index (χ0n) is 9.68. The van der Waals surface area contributed by atoms with Crippen molar-refractivity contribution in [1.82, 2.24) is 10.3 Å². The lowest BCUT2D eigenvalue weighted by atomic mass is 9.95. The predicted molar refractivity (Wildman–Crippen MR) is 65.3 cm³/mol. The molecule has 1 aliphatic rings. The predicted octanol–water partition coefficient (Wildman–Crippen LogP) is 3.18. The van der Waals surface area contributed by atoms with Crippen molar-refractivity contribution < 1.29 is 0 Å². The Labute approximate surface area is 96.1 Å². The van der Waals surface area contributed by atoms with Gasteiger partial charge in [-0.05, 0) is 26.7 Å². The summed E-state index contributed by atoms with van der Waals surface area (Å²) < 4.78 is 0. The number of thiazole rings is 1. The molecule has 2 nitrogen and oxygen atoms in total. The first-order chi connectivity index (χ1) is 7.25. The molecule has 1 aromatic rings. The van der Waals surface area contributed by atoms with Gasteiger partial charge in [-0.25, -0.2) is 4.98 Å². The van der Waals surface area contributed by atoms with Gasteiger partial charge in [0.15, 0.2) is 0 Å². The summed E-state index contributed by atoms with van der Waals surface area (Å²) in [5.41, 5.74) is 1.21. The van der Waals surface area contributed by atoms with Crippen LogP contribution in [0, 0.1) is 13.8 Å². The van der Waals surface area contributed by atoms with Crippen LogP contribution in [0.5, 0.6) is 0 Å². The molecule has 0 bridgehead atoms. The fraction of sp³-hybridized carbons (Fsp3) is 0.750. The molecule has 0 spiro atoms. The second-order valence-electron chi connectivity index (χ2n) is 4.46. The highest BCUT2D eigenvalue weighted by Crippen LogP contribution is 2.20. The lowest BCUT2D eigenvalue weighted by molar-refractivity contribution is 0.373. The van der Waals surface area contributed by atoms with E-state index in [0.29, 0.717) is 0 Å². The van der Waals surface area contributed by atoms with E-state index in [4.69, 9.17) is 0 Å². The smallest absolute Gasteiger partial charge is 0.0900 e. The van der Waals surface area contributed by atoms with E-state index in [1.54, 1.807) is 0 Å². The van der Waals surface area contributed by atoms with Gasteiger partial charge in [0.2, 0.25) is 0 Å². The van der Waals surface area contributed by atoms with Crippen molar-refractivity contribution in [3.8, 4) is 0 Å². The fourth-order valence-corrected chi connectivity index (χ4v) is 3.17. The lowest BCUT2D eigenvalue weighted by Gasteiger charge is -2.22.